The van der Waals surface area contributed by atoms with E-state index in [1.54, 1.807) is 35.6 Å². The van der Waals surface area contributed by atoms with E-state index >= 15 is 0 Å². The smallest absolute Gasteiger partial charge is 0.259 e. The minimum absolute atomic E-state index is 0.0391. The fraction of sp³-hybridized carbons (Fsp3) is 0.366. The first-order valence-electron chi connectivity index (χ1n) is 19.1. The van der Waals surface area contributed by atoms with Gasteiger partial charge in [-0.1, -0.05) is 35.9 Å². The van der Waals surface area contributed by atoms with Crippen LogP contribution >= 0.6 is 34.3 Å². The summed E-state index contributed by atoms with van der Waals surface area (Å²) >= 11 is 9.24. The number of aliphatic imine (C=N–C) groups is 1. The Morgan fingerprint density at radius 1 is 0.780 bits per heavy atom. The number of thiophene rings is 1. The Bertz CT molecular complexity index is 2330. The van der Waals surface area contributed by atoms with Crippen LogP contribution in [0.1, 0.15) is 79.4 Å². The zero-order valence-corrected chi connectivity index (χ0v) is 35.8. The van der Waals surface area contributed by atoms with Crippen molar-refractivity contribution in [2.24, 2.45) is 4.99 Å². The molecule has 4 amide bonds. The molecule has 4 N–H and O–H groups in total. The SMILES string of the molecule is Cc1nc(NC(=O)c2ccccc2NC(=O)CCOCCOCCC(=O)NCCNC(=O)C[C@@H]2N=C(c3ccc(Cl)cc3)c3c(sc(C)c3C)-n3c(C)nnc32)sc1C. The molecule has 310 valence electrons. The molecular weight excluding hydrogens is 814 g/mol. The molecule has 0 aliphatic carbocycles. The standard InChI is InChI=1S/C41H46ClN9O6S2/c1-23-25(3)58-40-36(23)37(28-10-12-29(42)13-11-28)47-32(38-50-49-27(5)51(38)40)22-35(54)44-17-16-43-33(52)14-18-56-20-21-57-19-15-34(53)46-31-9-7-6-8-30(31)39(55)48-41-45-24(2)26(4)59-41/h6-13,32H,14-22H2,1-5H3,(H,43,52)(H,44,54)(H,46,53)(H,45,48,55)/t32-/m0/s1. The number of carbonyl (C=O) groups excluding carboxylic acids is 4. The van der Waals surface area contributed by atoms with Crippen molar-refractivity contribution < 1.29 is 28.7 Å². The number of rotatable bonds is 18. The van der Waals surface area contributed by atoms with Gasteiger partial charge in [0.15, 0.2) is 11.0 Å². The Kier molecular flexibility index (Phi) is 14.7. The Balaban J connectivity index is 0.870. The molecule has 0 saturated carbocycles. The van der Waals surface area contributed by atoms with Gasteiger partial charge in [0.25, 0.3) is 5.91 Å². The van der Waals surface area contributed by atoms with Crippen molar-refractivity contribution in [1.82, 2.24) is 30.4 Å². The predicted molar refractivity (Wildman–Crippen MR) is 229 cm³/mol. The van der Waals surface area contributed by atoms with Crippen LogP contribution in [0.2, 0.25) is 5.02 Å². The Morgan fingerprint density at radius 2 is 1.46 bits per heavy atom. The maximum Gasteiger partial charge on any atom is 0.259 e. The molecule has 3 aromatic heterocycles. The molecule has 59 heavy (non-hydrogen) atoms. The minimum Gasteiger partial charge on any atom is -0.379 e. The van der Waals surface area contributed by atoms with Crippen LogP contribution in [0.15, 0.2) is 53.5 Å². The third kappa shape index (κ3) is 11.0. The van der Waals surface area contributed by atoms with Crippen LogP contribution in [0.4, 0.5) is 10.8 Å². The molecule has 0 spiro atoms. The Hall–Kier alpha value is -5.33. The first-order chi connectivity index (χ1) is 28.4. The highest BCUT2D eigenvalue weighted by atomic mass is 35.5. The van der Waals surface area contributed by atoms with Crippen LogP contribution in [-0.4, -0.2) is 88.6 Å². The van der Waals surface area contributed by atoms with Crippen LogP contribution in [0.25, 0.3) is 5.00 Å². The lowest BCUT2D eigenvalue weighted by atomic mass is 9.99. The van der Waals surface area contributed by atoms with Crippen molar-refractivity contribution in [2.45, 2.75) is 59.9 Å². The highest BCUT2D eigenvalue weighted by Gasteiger charge is 2.32. The number of fused-ring (bicyclic) bond motifs is 3. The van der Waals surface area contributed by atoms with Gasteiger partial charge in [-0.05, 0) is 64.4 Å². The molecule has 18 heteroatoms. The van der Waals surface area contributed by atoms with Gasteiger partial charge in [0.05, 0.1) is 61.9 Å². The van der Waals surface area contributed by atoms with E-state index < -0.39 is 6.04 Å². The number of aromatic nitrogens is 4. The van der Waals surface area contributed by atoms with Gasteiger partial charge < -0.3 is 25.4 Å². The molecule has 2 aromatic carbocycles. The molecule has 0 radical (unpaired) electrons. The Morgan fingerprint density at radius 3 is 2.15 bits per heavy atom. The van der Waals surface area contributed by atoms with E-state index in [2.05, 4.69) is 50.3 Å². The fourth-order valence-electron chi connectivity index (χ4n) is 6.22. The lowest BCUT2D eigenvalue weighted by Crippen LogP contribution is -2.35. The van der Waals surface area contributed by atoms with Gasteiger partial charge >= 0.3 is 0 Å². The molecule has 6 rings (SSSR count). The van der Waals surface area contributed by atoms with Crippen molar-refractivity contribution in [2.75, 3.05) is 50.2 Å². The number of carbonyl (C=O) groups is 4. The van der Waals surface area contributed by atoms with Crippen LogP contribution in [0, 0.1) is 34.6 Å². The van der Waals surface area contributed by atoms with Crippen molar-refractivity contribution in [3.05, 3.63) is 103 Å². The number of ether oxygens (including phenoxy) is 2. The quantitative estimate of drug-likeness (QED) is 0.0744. The van der Waals surface area contributed by atoms with E-state index in [-0.39, 0.29) is 82.4 Å². The van der Waals surface area contributed by atoms with Crippen molar-refractivity contribution in [3.63, 3.8) is 0 Å². The summed E-state index contributed by atoms with van der Waals surface area (Å²) in [6.45, 7) is 11.1. The normalized spacial score (nSPS) is 13.2. The first kappa shape index (κ1) is 43.3. The van der Waals surface area contributed by atoms with E-state index in [1.807, 2.05) is 49.6 Å². The van der Waals surface area contributed by atoms with E-state index in [4.69, 9.17) is 26.1 Å². The fourth-order valence-corrected chi connectivity index (χ4v) is 8.37. The highest BCUT2D eigenvalue weighted by Crippen LogP contribution is 2.39. The van der Waals surface area contributed by atoms with Crippen molar-refractivity contribution in [3.8, 4) is 5.00 Å². The van der Waals surface area contributed by atoms with Crippen LogP contribution in [-0.2, 0) is 23.9 Å². The number of thiazole rings is 1. The monoisotopic (exact) mass is 859 g/mol. The number of anilines is 2. The summed E-state index contributed by atoms with van der Waals surface area (Å²) in [6, 6.07) is 13.7. The largest absolute Gasteiger partial charge is 0.379 e. The second-order valence-electron chi connectivity index (χ2n) is 13.7. The molecule has 0 fully saturated rings. The van der Waals surface area contributed by atoms with Gasteiger partial charge in [-0.25, -0.2) is 4.98 Å². The van der Waals surface area contributed by atoms with Crippen LogP contribution in [0.3, 0.4) is 0 Å². The topological polar surface area (TPSA) is 191 Å². The second-order valence-corrected chi connectivity index (χ2v) is 16.6. The number of benzene rings is 2. The summed E-state index contributed by atoms with van der Waals surface area (Å²) in [7, 11) is 0. The van der Waals surface area contributed by atoms with Gasteiger partial charge in [-0.2, -0.15) is 0 Å². The van der Waals surface area contributed by atoms with Gasteiger partial charge in [0, 0.05) is 45.4 Å². The molecule has 0 saturated heterocycles. The molecule has 0 bridgehead atoms. The number of nitrogens with one attached hydrogen (secondary N) is 4. The number of halogens is 1. The average Bonchev–Trinajstić information content (AvgIpc) is 3.81. The summed E-state index contributed by atoms with van der Waals surface area (Å²) in [4.78, 5) is 62.7. The molecule has 1 aliphatic rings. The Labute approximate surface area is 355 Å². The maximum atomic E-state index is 13.2. The predicted octanol–water partition coefficient (Wildman–Crippen LogP) is 6.20. The molecule has 1 atom stereocenters. The lowest BCUT2D eigenvalue weighted by Gasteiger charge is -2.13. The second kappa shape index (κ2) is 20.1. The van der Waals surface area contributed by atoms with Crippen LogP contribution in [0.5, 0.6) is 0 Å². The zero-order chi connectivity index (χ0) is 42.1. The summed E-state index contributed by atoms with van der Waals surface area (Å²) in [5.74, 6) is 0.174. The summed E-state index contributed by atoms with van der Waals surface area (Å²) in [5.41, 5.74) is 5.32. The van der Waals surface area contributed by atoms with E-state index in [0.29, 0.717) is 33.1 Å². The van der Waals surface area contributed by atoms with E-state index in [0.717, 1.165) is 42.9 Å². The molecule has 4 heterocycles. The zero-order valence-electron chi connectivity index (χ0n) is 33.4. The molecule has 15 nitrogen and oxygen atoms in total. The highest BCUT2D eigenvalue weighted by molar-refractivity contribution is 7.16. The van der Waals surface area contributed by atoms with Crippen molar-refractivity contribution >= 4 is 74.4 Å². The van der Waals surface area contributed by atoms with E-state index in [1.165, 1.54) is 11.3 Å². The molecule has 5 aromatic rings. The van der Waals surface area contributed by atoms with Gasteiger partial charge in [-0.15, -0.1) is 32.9 Å². The summed E-state index contributed by atoms with van der Waals surface area (Å²) in [5, 5.41) is 22.1. The first-order valence-corrected chi connectivity index (χ1v) is 21.1. The molecular formula is C41H46ClN9O6S2. The third-order valence-corrected chi connectivity index (χ3v) is 12.0. The minimum atomic E-state index is -0.597. The number of hydrogen-bond donors (Lipinski definition) is 4. The van der Waals surface area contributed by atoms with Gasteiger partial charge in [0.1, 0.15) is 16.9 Å². The van der Waals surface area contributed by atoms with E-state index in [9.17, 15) is 19.2 Å². The molecule has 1 aliphatic heterocycles. The maximum absolute atomic E-state index is 13.2. The number of amides is 4. The molecule has 0 unspecified atom stereocenters. The summed E-state index contributed by atoms with van der Waals surface area (Å²) in [6.07, 6.45) is 0.249. The average molecular weight is 860 g/mol. The number of para-hydroxylation sites is 1. The van der Waals surface area contributed by atoms with Gasteiger partial charge in [0.2, 0.25) is 17.7 Å². The van der Waals surface area contributed by atoms with Crippen LogP contribution < -0.4 is 21.3 Å². The third-order valence-electron chi connectivity index (χ3n) is 9.52. The number of aryl methyl sites for hydroxylation is 4. The summed E-state index contributed by atoms with van der Waals surface area (Å²) < 4.78 is 13.0. The van der Waals surface area contributed by atoms with Gasteiger partial charge in [-0.3, -0.25) is 34.1 Å². The van der Waals surface area contributed by atoms with Crippen molar-refractivity contribution in [1.29, 1.82) is 0 Å². The number of hydrogen-bond acceptors (Lipinski definition) is 12. The lowest BCUT2D eigenvalue weighted by molar-refractivity contribution is -0.123. The number of nitrogens with zero attached hydrogens (tertiary/aromatic N) is 5.